The van der Waals surface area contributed by atoms with Crippen LogP contribution in [0.5, 0.6) is 5.75 Å². The minimum atomic E-state index is -0.253. The van der Waals surface area contributed by atoms with E-state index in [2.05, 4.69) is 13.8 Å². The third kappa shape index (κ3) is 9.75. The molecule has 0 spiro atoms. The van der Waals surface area contributed by atoms with Crippen molar-refractivity contribution in [3.8, 4) is 5.75 Å². The minimum absolute atomic E-state index is 0.0709. The number of carbonyl (C=O) groups is 2. The van der Waals surface area contributed by atoms with Gasteiger partial charge in [-0.3, -0.25) is 9.59 Å². The van der Waals surface area contributed by atoms with Crippen LogP contribution in [0.1, 0.15) is 46.5 Å². The van der Waals surface area contributed by atoms with Crippen LogP contribution < -0.4 is 4.74 Å². The molecule has 5 nitrogen and oxygen atoms in total. The number of hydrogen-bond donors (Lipinski definition) is 0. The van der Waals surface area contributed by atoms with E-state index in [1.165, 1.54) is 0 Å². The molecule has 0 aliphatic carbocycles. The Morgan fingerprint density at radius 1 is 1.08 bits per heavy atom. The standard InChI is InChI=1S/C20H31NO4/c1-4-24-20(23)13-15-21(14-12-17(2)3)19(22)11-8-16-25-18-9-6-5-7-10-18/h5-7,9-10,17H,4,8,11-16H2,1-3H3. The summed E-state index contributed by atoms with van der Waals surface area (Å²) in [6.07, 6.45) is 2.26. The van der Waals surface area contributed by atoms with Crippen molar-refractivity contribution < 1.29 is 19.1 Å². The van der Waals surface area contributed by atoms with Gasteiger partial charge >= 0.3 is 5.97 Å². The number of rotatable bonds is 12. The van der Waals surface area contributed by atoms with Crippen LogP contribution in [0.3, 0.4) is 0 Å². The summed E-state index contributed by atoms with van der Waals surface area (Å²) in [5.74, 6) is 1.15. The topological polar surface area (TPSA) is 55.8 Å². The molecule has 1 rings (SSSR count). The lowest BCUT2D eigenvalue weighted by molar-refractivity contribution is -0.144. The lowest BCUT2D eigenvalue weighted by Crippen LogP contribution is -2.34. The molecule has 0 radical (unpaired) electrons. The van der Waals surface area contributed by atoms with Gasteiger partial charge in [0.25, 0.3) is 0 Å². The van der Waals surface area contributed by atoms with E-state index in [1.807, 2.05) is 30.3 Å². The Kier molecular flexibility index (Phi) is 10.4. The average molecular weight is 349 g/mol. The van der Waals surface area contributed by atoms with Gasteiger partial charge in [0, 0.05) is 19.5 Å². The summed E-state index contributed by atoms with van der Waals surface area (Å²) < 4.78 is 10.6. The van der Waals surface area contributed by atoms with Gasteiger partial charge in [-0.1, -0.05) is 32.0 Å². The fourth-order valence-corrected chi connectivity index (χ4v) is 2.32. The number of hydrogen-bond acceptors (Lipinski definition) is 4. The summed E-state index contributed by atoms with van der Waals surface area (Å²) in [6, 6.07) is 9.58. The van der Waals surface area contributed by atoms with Gasteiger partial charge in [0.15, 0.2) is 0 Å². The maximum Gasteiger partial charge on any atom is 0.307 e. The lowest BCUT2D eigenvalue weighted by atomic mass is 10.1. The first-order chi connectivity index (χ1) is 12.0. The first-order valence-electron chi connectivity index (χ1n) is 9.14. The smallest absolute Gasteiger partial charge is 0.307 e. The summed E-state index contributed by atoms with van der Waals surface area (Å²) >= 11 is 0. The molecule has 0 heterocycles. The Morgan fingerprint density at radius 2 is 1.80 bits per heavy atom. The predicted octanol–water partition coefficient (Wildman–Crippen LogP) is 3.67. The predicted molar refractivity (Wildman–Crippen MR) is 98.5 cm³/mol. The van der Waals surface area contributed by atoms with Gasteiger partial charge in [0.05, 0.1) is 19.6 Å². The van der Waals surface area contributed by atoms with Gasteiger partial charge in [0.2, 0.25) is 5.91 Å². The maximum absolute atomic E-state index is 12.5. The quantitative estimate of drug-likeness (QED) is 0.427. The van der Waals surface area contributed by atoms with Crippen molar-refractivity contribution in [1.82, 2.24) is 4.90 Å². The summed E-state index contributed by atoms with van der Waals surface area (Å²) in [5.41, 5.74) is 0. The highest BCUT2D eigenvalue weighted by molar-refractivity contribution is 5.77. The molecule has 0 unspecified atom stereocenters. The third-order valence-electron chi connectivity index (χ3n) is 3.77. The first-order valence-corrected chi connectivity index (χ1v) is 9.14. The molecule has 0 atom stereocenters. The number of ether oxygens (including phenoxy) is 2. The van der Waals surface area contributed by atoms with E-state index in [1.54, 1.807) is 11.8 Å². The van der Waals surface area contributed by atoms with Crippen LogP contribution in [0.15, 0.2) is 30.3 Å². The average Bonchev–Trinajstić information content (AvgIpc) is 2.59. The van der Waals surface area contributed by atoms with E-state index in [0.717, 1.165) is 12.2 Å². The molecule has 140 valence electrons. The highest BCUT2D eigenvalue weighted by Gasteiger charge is 2.15. The molecule has 0 aliphatic heterocycles. The van der Waals surface area contributed by atoms with Crippen LogP contribution >= 0.6 is 0 Å². The van der Waals surface area contributed by atoms with Crippen molar-refractivity contribution >= 4 is 11.9 Å². The van der Waals surface area contributed by atoms with Gasteiger partial charge in [-0.2, -0.15) is 0 Å². The van der Waals surface area contributed by atoms with E-state index >= 15 is 0 Å². The van der Waals surface area contributed by atoms with Gasteiger partial charge in [-0.05, 0) is 37.8 Å². The van der Waals surface area contributed by atoms with Gasteiger partial charge in [0.1, 0.15) is 5.75 Å². The fourth-order valence-electron chi connectivity index (χ4n) is 2.32. The molecule has 0 N–H and O–H groups in total. The second-order valence-electron chi connectivity index (χ2n) is 6.38. The van der Waals surface area contributed by atoms with Gasteiger partial charge in [-0.15, -0.1) is 0 Å². The summed E-state index contributed by atoms with van der Waals surface area (Å²) in [4.78, 5) is 25.8. The summed E-state index contributed by atoms with van der Waals surface area (Å²) in [7, 11) is 0. The largest absolute Gasteiger partial charge is 0.494 e. The zero-order valence-electron chi connectivity index (χ0n) is 15.7. The highest BCUT2D eigenvalue weighted by Crippen LogP contribution is 2.10. The molecule has 0 aliphatic rings. The zero-order valence-corrected chi connectivity index (χ0v) is 15.7. The SMILES string of the molecule is CCOC(=O)CCN(CCC(C)C)C(=O)CCCOc1ccccc1. The van der Waals surface area contributed by atoms with Crippen LogP contribution in [-0.4, -0.2) is 43.1 Å². The van der Waals surface area contributed by atoms with Crippen LogP contribution in [0.4, 0.5) is 0 Å². The molecule has 1 amide bonds. The van der Waals surface area contributed by atoms with Crippen LogP contribution in [0.2, 0.25) is 0 Å². The van der Waals surface area contributed by atoms with Crippen molar-refractivity contribution in [2.24, 2.45) is 5.92 Å². The molecule has 1 aromatic rings. The van der Waals surface area contributed by atoms with Gasteiger partial charge < -0.3 is 14.4 Å². The molecule has 5 heteroatoms. The Balaban J connectivity index is 2.37. The Bertz CT molecular complexity index is 502. The van der Waals surface area contributed by atoms with Crippen molar-refractivity contribution in [3.63, 3.8) is 0 Å². The molecule has 0 saturated carbocycles. The molecule has 1 aromatic carbocycles. The van der Waals surface area contributed by atoms with E-state index in [0.29, 0.717) is 45.1 Å². The second-order valence-corrected chi connectivity index (χ2v) is 6.38. The third-order valence-corrected chi connectivity index (χ3v) is 3.77. The highest BCUT2D eigenvalue weighted by atomic mass is 16.5. The molecule has 0 aromatic heterocycles. The minimum Gasteiger partial charge on any atom is -0.494 e. The number of amides is 1. The second kappa shape index (κ2) is 12.3. The van der Waals surface area contributed by atoms with E-state index in [9.17, 15) is 9.59 Å². The van der Waals surface area contributed by atoms with E-state index in [4.69, 9.17) is 9.47 Å². The fraction of sp³-hybridized carbons (Fsp3) is 0.600. The monoisotopic (exact) mass is 349 g/mol. The molecular formula is C20H31NO4. The molecule has 0 saturated heterocycles. The number of para-hydroxylation sites is 1. The Morgan fingerprint density at radius 3 is 2.44 bits per heavy atom. The first kappa shape index (κ1) is 21.0. The van der Waals surface area contributed by atoms with Crippen molar-refractivity contribution in [1.29, 1.82) is 0 Å². The normalized spacial score (nSPS) is 10.6. The Hall–Kier alpha value is -2.04. The number of nitrogens with zero attached hydrogens (tertiary/aromatic N) is 1. The van der Waals surface area contributed by atoms with Crippen LogP contribution in [0, 0.1) is 5.92 Å². The summed E-state index contributed by atoms with van der Waals surface area (Å²) in [5, 5.41) is 0. The number of esters is 1. The van der Waals surface area contributed by atoms with Gasteiger partial charge in [-0.25, -0.2) is 0 Å². The molecule has 0 bridgehead atoms. The molecule has 25 heavy (non-hydrogen) atoms. The Labute approximate surface area is 151 Å². The van der Waals surface area contributed by atoms with Crippen molar-refractivity contribution in [3.05, 3.63) is 30.3 Å². The number of carbonyl (C=O) groups excluding carboxylic acids is 2. The maximum atomic E-state index is 12.5. The molecular weight excluding hydrogens is 318 g/mol. The lowest BCUT2D eigenvalue weighted by Gasteiger charge is -2.23. The van der Waals surface area contributed by atoms with E-state index < -0.39 is 0 Å². The summed E-state index contributed by atoms with van der Waals surface area (Å²) in [6.45, 7) is 8.01. The number of benzene rings is 1. The van der Waals surface area contributed by atoms with Crippen molar-refractivity contribution in [2.45, 2.75) is 46.5 Å². The zero-order chi connectivity index (χ0) is 18.5. The van der Waals surface area contributed by atoms with Crippen LogP contribution in [0.25, 0.3) is 0 Å². The van der Waals surface area contributed by atoms with Crippen LogP contribution in [-0.2, 0) is 14.3 Å². The van der Waals surface area contributed by atoms with E-state index in [-0.39, 0.29) is 18.3 Å². The molecule has 0 fully saturated rings. The van der Waals surface area contributed by atoms with Crippen molar-refractivity contribution in [2.75, 3.05) is 26.3 Å².